The zero-order valence-corrected chi connectivity index (χ0v) is 19.1. The second kappa shape index (κ2) is 19.9. The van der Waals surface area contributed by atoms with Gasteiger partial charge in [-0.1, -0.05) is 110 Å². The van der Waals surface area contributed by atoms with Crippen molar-refractivity contribution < 1.29 is 9.16 Å². The van der Waals surface area contributed by atoms with E-state index in [0.29, 0.717) is 0 Å². The minimum absolute atomic E-state index is 0.945. The maximum absolute atomic E-state index is 5.83. The molecular formula is C23H48O2Si. The molecule has 0 saturated carbocycles. The van der Waals surface area contributed by atoms with Crippen LogP contribution in [0.2, 0.25) is 6.04 Å². The smallest absolute Gasteiger partial charge is 0.202 e. The molecule has 1 atom stereocenters. The van der Waals surface area contributed by atoms with E-state index in [2.05, 4.69) is 6.92 Å². The van der Waals surface area contributed by atoms with Gasteiger partial charge in [0.15, 0.2) is 0 Å². The van der Waals surface area contributed by atoms with Crippen molar-refractivity contribution in [3.05, 3.63) is 0 Å². The molecule has 0 aromatic rings. The Bertz CT molecular complexity index is 267. The second-order valence-electron chi connectivity index (χ2n) is 8.37. The van der Waals surface area contributed by atoms with Crippen molar-refractivity contribution in [1.82, 2.24) is 0 Å². The van der Waals surface area contributed by atoms with Crippen molar-refractivity contribution in [2.75, 3.05) is 19.4 Å². The van der Waals surface area contributed by atoms with Gasteiger partial charge >= 0.3 is 0 Å². The zero-order valence-electron chi connectivity index (χ0n) is 18.0. The zero-order chi connectivity index (χ0) is 18.5. The van der Waals surface area contributed by atoms with Crippen LogP contribution in [-0.2, 0) is 9.16 Å². The molecule has 26 heavy (non-hydrogen) atoms. The summed E-state index contributed by atoms with van der Waals surface area (Å²) >= 11 is 0. The minimum atomic E-state index is -0.945. The maximum Gasteiger partial charge on any atom is 0.202 e. The predicted octanol–water partition coefficient (Wildman–Crippen LogP) is 7.34. The number of hydrogen-bond donors (Lipinski definition) is 0. The first-order valence-corrected chi connectivity index (χ1v) is 14.2. The van der Waals surface area contributed by atoms with Crippen LogP contribution in [0.3, 0.4) is 0 Å². The summed E-state index contributed by atoms with van der Waals surface area (Å²) in [4.78, 5) is 0. The van der Waals surface area contributed by atoms with E-state index in [9.17, 15) is 0 Å². The molecule has 0 N–H and O–H groups in total. The molecule has 0 radical (unpaired) electrons. The van der Waals surface area contributed by atoms with Gasteiger partial charge in [-0.25, -0.2) is 0 Å². The standard InChI is InChI=1S/C23H48O2Si/c1-2-3-4-5-6-7-8-9-10-11-12-13-14-15-16-17-20-24-23-26-22-19-18-21-25-26/h26H,2-23H2,1H3. The molecule has 0 aliphatic carbocycles. The molecule has 3 heteroatoms. The van der Waals surface area contributed by atoms with Crippen LogP contribution in [0.1, 0.15) is 122 Å². The molecule has 1 saturated heterocycles. The van der Waals surface area contributed by atoms with Gasteiger partial charge in [-0.15, -0.1) is 0 Å². The average Bonchev–Trinajstić information content (AvgIpc) is 2.68. The third-order valence-corrected chi connectivity index (χ3v) is 8.09. The predicted molar refractivity (Wildman–Crippen MR) is 118 cm³/mol. The van der Waals surface area contributed by atoms with E-state index >= 15 is 0 Å². The van der Waals surface area contributed by atoms with Gasteiger partial charge in [0.25, 0.3) is 0 Å². The Balaban J connectivity index is 1.65. The molecular weight excluding hydrogens is 336 g/mol. The molecule has 2 nitrogen and oxygen atoms in total. The molecule has 1 rings (SSSR count). The van der Waals surface area contributed by atoms with Crippen LogP contribution in [0.25, 0.3) is 0 Å². The van der Waals surface area contributed by atoms with E-state index in [0.717, 1.165) is 19.4 Å². The molecule has 1 heterocycles. The van der Waals surface area contributed by atoms with Crippen molar-refractivity contribution in [3.63, 3.8) is 0 Å². The first-order valence-electron chi connectivity index (χ1n) is 12.1. The number of ether oxygens (including phenoxy) is 1. The first-order chi connectivity index (χ1) is 12.9. The Morgan fingerprint density at radius 2 is 1.15 bits per heavy atom. The summed E-state index contributed by atoms with van der Waals surface area (Å²) < 4.78 is 11.7. The Labute approximate surface area is 166 Å². The van der Waals surface area contributed by atoms with Gasteiger partial charge in [-0.05, 0) is 18.9 Å². The van der Waals surface area contributed by atoms with E-state index in [1.165, 1.54) is 122 Å². The molecule has 1 unspecified atom stereocenters. The van der Waals surface area contributed by atoms with Crippen LogP contribution in [0.5, 0.6) is 0 Å². The highest BCUT2D eigenvalue weighted by Gasteiger charge is 2.15. The lowest BCUT2D eigenvalue weighted by Gasteiger charge is -2.20. The van der Waals surface area contributed by atoms with Crippen LogP contribution >= 0.6 is 0 Å². The molecule has 0 aromatic carbocycles. The summed E-state index contributed by atoms with van der Waals surface area (Å²) in [5.74, 6) is 0. The molecule has 0 amide bonds. The lowest BCUT2D eigenvalue weighted by atomic mass is 10.0. The van der Waals surface area contributed by atoms with E-state index in [1.54, 1.807) is 0 Å². The van der Waals surface area contributed by atoms with Gasteiger partial charge in [0.05, 0.1) is 6.23 Å². The van der Waals surface area contributed by atoms with Gasteiger partial charge in [0.1, 0.15) is 0 Å². The topological polar surface area (TPSA) is 18.5 Å². The van der Waals surface area contributed by atoms with Gasteiger partial charge in [0, 0.05) is 13.2 Å². The summed E-state index contributed by atoms with van der Waals surface area (Å²) in [7, 11) is -0.945. The summed E-state index contributed by atoms with van der Waals surface area (Å²) in [6.07, 6.45) is 26.5. The third-order valence-electron chi connectivity index (χ3n) is 5.72. The van der Waals surface area contributed by atoms with Crippen LogP contribution in [0.4, 0.5) is 0 Å². The lowest BCUT2D eigenvalue weighted by Crippen LogP contribution is -2.29. The SMILES string of the molecule is CCCCCCCCCCCCCCCCCCOC[SiH]1CCCCO1. The monoisotopic (exact) mass is 384 g/mol. The molecule has 0 bridgehead atoms. The Morgan fingerprint density at radius 1 is 0.654 bits per heavy atom. The first kappa shape index (κ1) is 24.2. The van der Waals surface area contributed by atoms with Crippen LogP contribution < -0.4 is 0 Å². The fourth-order valence-electron chi connectivity index (χ4n) is 3.91. The van der Waals surface area contributed by atoms with E-state index in [1.807, 2.05) is 0 Å². The van der Waals surface area contributed by atoms with E-state index in [4.69, 9.17) is 9.16 Å². The van der Waals surface area contributed by atoms with E-state index < -0.39 is 9.04 Å². The molecule has 1 fully saturated rings. The summed E-state index contributed by atoms with van der Waals surface area (Å²) in [5, 5.41) is 0. The van der Waals surface area contributed by atoms with Crippen molar-refractivity contribution in [2.45, 2.75) is 129 Å². The fraction of sp³-hybridized carbons (Fsp3) is 1.00. The Morgan fingerprint density at radius 3 is 1.62 bits per heavy atom. The number of hydrogen-bond acceptors (Lipinski definition) is 2. The van der Waals surface area contributed by atoms with Crippen molar-refractivity contribution in [1.29, 1.82) is 0 Å². The van der Waals surface area contributed by atoms with E-state index in [-0.39, 0.29) is 0 Å². The van der Waals surface area contributed by atoms with Crippen LogP contribution in [0, 0.1) is 0 Å². The van der Waals surface area contributed by atoms with Crippen molar-refractivity contribution in [3.8, 4) is 0 Å². The number of unbranched alkanes of at least 4 members (excludes halogenated alkanes) is 15. The maximum atomic E-state index is 5.83. The second-order valence-corrected chi connectivity index (χ2v) is 10.9. The van der Waals surface area contributed by atoms with Crippen LogP contribution in [-0.4, -0.2) is 28.5 Å². The molecule has 1 aliphatic rings. The third kappa shape index (κ3) is 16.3. The molecule has 1 aliphatic heterocycles. The van der Waals surface area contributed by atoms with Gasteiger partial charge in [-0.2, -0.15) is 0 Å². The Hall–Kier alpha value is 0.137. The average molecular weight is 385 g/mol. The molecule has 0 aromatic heterocycles. The quantitative estimate of drug-likeness (QED) is 0.171. The minimum Gasteiger partial charge on any atom is -0.418 e. The highest BCUT2D eigenvalue weighted by molar-refractivity contribution is 6.51. The van der Waals surface area contributed by atoms with Crippen molar-refractivity contribution >= 4 is 9.04 Å². The summed E-state index contributed by atoms with van der Waals surface area (Å²) in [5.41, 5.74) is 0. The fourth-order valence-corrected chi connectivity index (χ4v) is 6.01. The number of rotatable bonds is 19. The molecule has 156 valence electrons. The molecule has 0 spiro atoms. The Kier molecular flexibility index (Phi) is 18.5. The highest BCUT2D eigenvalue weighted by Crippen LogP contribution is 2.14. The van der Waals surface area contributed by atoms with Gasteiger partial charge < -0.3 is 9.16 Å². The normalized spacial score (nSPS) is 17.7. The van der Waals surface area contributed by atoms with Gasteiger partial charge in [0.2, 0.25) is 9.04 Å². The largest absolute Gasteiger partial charge is 0.418 e. The van der Waals surface area contributed by atoms with Crippen molar-refractivity contribution in [2.24, 2.45) is 0 Å². The lowest BCUT2D eigenvalue weighted by molar-refractivity contribution is 0.149. The highest BCUT2D eigenvalue weighted by atomic mass is 28.3. The summed E-state index contributed by atoms with van der Waals surface area (Å²) in [6, 6.07) is 1.33. The van der Waals surface area contributed by atoms with Crippen LogP contribution in [0.15, 0.2) is 0 Å². The van der Waals surface area contributed by atoms with Gasteiger partial charge in [-0.3, -0.25) is 0 Å². The summed E-state index contributed by atoms with van der Waals surface area (Å²) in [6.45, 7) is 4.26.